The van der Waals surface area contributed by atoms with E-state index in [1.54, 1.807) is 6.42 Å². The summed E-state index contributed by atoms with van der Waals surface area (Å²) in [5.74, 6) is 4.32. The van der Waals surface area contributed by atoms with Crippen molar-refractivity contribution < 1.29 is 4.79 Å². The van der Waals surface area contributed by atoms with Crippen LogP contribution in [-0.4, -0.2) is 81.7 Å². The Labute approximate surface area is 205 Å². The first-order valence-corrected chi connectivity index (χ1v) is 14.5. The molecule has 2 aliphatic heterocycles. The molecule has 1 amide bonds. The van der Waals surface area contributed by atoms with Crippen LogP contribution in [0.15, 0.2) is 0 Å². The van der Waals surface area contributed by atoms with Crippen LogP contribution in [0.5, 0.6) is 0 Å². The Hall–Kier alpha value is -1.40. The van der Waals surface area contributed by atoms with Crippen molar-refractivity contribution in [3.05, 3.63) is 17.0 Å². The van der Waals surface area contributed by atoms with Gasteiger partial charge in [-0.2, -0.15) is 5.10 Å². The summed E-state index contributed by atoms with van der Waals surface area (Å²) in [4.78, 5) is 21.1. The number of rotatable bonds is 3. The van der Waals surface area contributed by atoms with Crippen LogP contribution in [0.2, 0.25) is 0 Å². The molecule has 6 nitrogen and oxygen atoms in total. The normalized spacial score (nSPS) is 38.3. The average Bonchev–Trinajstić information content (AvgIpc) is 3.19. The summed E-state index contributed by atoms with van der Waals surface area (Å²) >= 11 is 0. The van der Waals surface area contributed by atoms with Crippen LogP contribution in [-0.2, 0) is 19.9 Å². The van der Waals surface area contributed by atoms with Gasteiger partial charge in [-0.25, -0.2) is 0 Å². The van der Waals surface area contributed by atoms with Crippen molar-refractivity contribution in [2.45, 2.75) is 82.7 Å². The van der Waals surface area contributed by atoms with Crippen molar-refractivity contribution in [2.75, 3.05) is 39.3 Å². The third-order valence-electron chi connectivity index (χ3n) is 10.7. The van der Waals surface area contributed by atoms with Gasteiger partial charge in [0, 0.05) is 69.7 Å². The van der Waals surface area contributed by atoms with Crippen molar-refractivity contribution in [2.24, 2.45) is 30.7 Å². The van der Waals surface area contributed by atoms with Crippen LogP contribution in [0.1, 0.15) is 79.5 Å². The second-order valence-corrected chi connectivity index (χ2v) is 12.6. The molecule has 1 aromatic rings. The number of carbonyl (C=O) groups excluding carboxylic acids is 1. The number of aromatic nitrogens is 2. The molecule has 1 atom stereocenters. The minimum Gasteiger partial charge on any atom is -0.337 e. The highest BCUT2D eigenvalue weighted by Crippen LogP contribution is 2.55. The highest BCUT2D eigenvalue weighted by atomic mass is 16.2. The summed E-state index contributed by atoms with van der Waals surface area (Å²) in [5.41, 5.74) is 3.33. The standard InChI is InChI=1S/C28H43N5O/c1-30-25-6-5-23(18-24(25)26(29-30)28(34)33-7-3-2-4-8-33)31-9-11-32(12-10-31)27-21-14-19-13-20(16-21)17-22(27)15-19/h19-23,27H,2-18H2,1H3. The van der Waals surface area contributed by atoms with E-state index in [0.29, 0.717) is 6.04 Å². The number of aryl methyl sites for hydroxylation is 1. The Kier molecular flexibility index (Phi) is 5.54. The molecular formula is C28H43N5O. The van der Waals surface area contributed by atoms with Crippen LogP contribution in [0, 0.1) is 23.7 Å². The topological polar surface area (TPSA) is 44.6 Å². The summed E-state index contributed by atoms with van der Waals surface area (Å²) in [6.07, 6.45) is 14.5. The fourth-order valence-electron chi connectivity index (χ4n) is 9.39. The van der Waals surface area contributed by atoms with Gasteiger partial charge in [0.25, 0.3) is 5.91 Å². The number of hydrogen-bond donors (Lipinski definition) is 0. The van der Waals surface area contributed by atoms with Crippen LogP contribution in [0.25, 0.3) is 0 Å². The van der Waals surface area contributed by atoms with E-state index >= 15 is 0 Å². The highest BCUT2D eigenvalue weighted by molar-refractivity contribution is 5.94. The molecule has 1 unspecified atom stereocenters. The van der Waals surface area contributed by atoms with Gasteiger partial charge >= 0.3 is 0 Å². The summed E-state index contributed by atoms with van der Waals surface area (Å²) in [7, 11) is 2.04. The maximum atomic E-state index is 13.3. The van der Waals surface area contributed by atoms with Crippen LogP contribution in [0.4, 0.5) is 0 Å². The molecule has 6 heteroatoms. The lowest BCUT2D eigenvalue weighted by Crippen LogP contribution is -2.61. The van der Waals surface area contributed by atoms with Gasteiger partial charge in [0.1, 0.15) is 0 Å². The Balaban J connectivity index is 1.02. The smallest absolute Gasteiger partial charge is 0.274 e. The Morgan fingerprint density at radius 1 is 0.824 bits per heavy atom. The number of piperidine rings is 1. The van der Waals surface area contributed by atoms with Gasteiger partial charge in [-0.1, -0.05) is 0 Å². The van der Waals surface area contributed by atoms with Gasteiger partial charge in [-0.3, -0.25) is 19.3 Å². The van der Waals surface area contributed by atoms with E-state index in [1.807, 2.05) is 11.7 Å². The summed E-state index contributed by atoms with van der Waals surface area (Å²) in [5, 5.41) is 4.76. The zero-order valence-electron chi connectivity index (χ0n) is 21.1. The molecule has 0 aromatic carbocycles. The number of fused-ring (bicyclic) bond motifs is 1. The monoisotopic (exact) mass is 465 g/mol. The number of carbonyl (C=O) groups is 1. The first kappa shape index (κ1) is 21.8. The Bertz CT molecular complexity index is 897. The molecule has 34 heavy (non-hydrogen) atoms. The van der Waals surface area contributed by atoms with Gasteiger partial charge in [0.05, 0.1) is 0 Å². The molecule has 2 saturated heterocycles. The molecule has 0 spiro atoms. The molecule has 3 heterocycles. The molecule has 7 aliphatic rings. The van der Waals surface area contributed by atoms with Gasteiger partial charge in [-0.15, -0.1) is 0 Å². The van der Waals surface area contributed by atoms with Crippen LogP contribution >= 0.6 is 0 Å². The van der Waals surface area contributed by atoms with Crippen molar-refractivity contribution in [3.8, 4) is 0 Å². The first-order valence-electron chi connectivity index (χ1n) is 14.5. The van der Waals surface area contributed by atoms with E-state index in [1.165, 1.54) is 76.0 Å². The number of likely N-dealkylation sites (tertiary alicyclic amines) is 1. The lowest BCUT2D eigenvalue weighted by molar-refractivity contribution is -0.0794. The minimum absolute atomic E-state index is 0.184. The largest absolute Gasteiger partial charge is 0.337 e. The SMILES string of the molecule is Cn1nc(C(=O)N2CCCCC2)c2c1CCC(N1CCN(C3C4CC5CC(C4)CC3C5)CC1)C2. The number of hydrogen-bond acceptors (Lipinski definition) is 4. The van der Waals surface area contributed by atoms with E-state index < -0.39 is 0 Å². The molecule has 186 valence electrons. The fourth-order valence-corrected chi connectivity index (χ4v) is 9.39. The summed E-state index contributed by atoms with van der Waals surface area (Å²) < 4.78 is 2.01. The summed E-state index contributed by atoms with van der Waals surface area (Å²) in [6, 6.07) is 1.46. The van der Waals surface area contributed by atoms with Crippen molar-refractivity contribution >= 4 is 5.91 Å². The molecular weight excluding hydrogens is 422 g/mol. The lowest BCUT2D eigenvalue weighted by atomic mass is 9.54. The maximum absolute atomic E-state index is 13.3. The van der Waals surface area contributed by atoms with Gasteiger partial charge in [0.15, 0.2) is 5.69 Å². The molecule has 5 aliphatic carbocycles. The van der Waals surface area contributed by atoms with E-state index in [0.717, 1.165) is 74.2 Å². The zero-order chi connectivity index (χ0) is 22.8. The molecule has 0 radical (unpaired) electrons. The number of amides is 1. The van der Waals surface area contributed by atoms with Crippen LogP contribution < -0.4 is 0 Å². The summed E-state index contributed by atoms with van der Waals surface area (Å²) in [6.45, 7) is 6.73. The van der Waals surface area contributed by atoms with Gasteiger partial charge in [0.2, 0.25) is 0 Å². The van der Waals surface area contributed by atoms with Gasteiger partial charge < -0.3 is 4.90 Å². The minimum atomic E-state index is 0.184. The highest BCUT2D eigenvalue weighted by Gasteiger charge is 2.50. The van der Waals surface area contributed by atoms with Crippen molar-refractivity contribution in [1.29, 1.82) is 0 Å². The second kappa shape index (κ2) is 8.62. The first-order chi connectivity index (χ1) is 16.6. The van der Waals surface area contributed by atoms with E-state index in [9.17, 15) is 4.79 Å². The van der Waals surface area contributed by atoms with Gasteiger partial charge in [-0.05, 0) is 94.3 Å². The average molecular weight is 466 g/mol. The number of nitrogens with zero attached hydrogens (tertiary/aromatic N) is 5. The Morgan fingerprint density at radius 3 is 2.15 bits per heavy atom. The van der Waals surface area contributed by atoms with Crippen molar-refractivity contribution in [3.63, 3.8) is 0 Å². The Morgan fingerprint density at radius 2 is 1.47 bits per heavy atom. The number of piperazine rings is 1. The molecule has 4 saturated carbocycles. The third-order valence-corrected chi connectivity index (χ3v) is 10.7. The zero-order valence-corrected chi connectivity index (χ0v) is 21.1. The molecule has 8 rings (SSSR count). The molecule has 6 fully saturated rings. The van der Waals surface area contributed by atoms with Crippen molar-refractivity contribution in [1.82, 2.24) is 24.5 Å². The van der Waals surface area contributed by atoms with E-state index in [2.05, 4.69) is 14.7 Å². The second-order valence-electron chi connectivity index (χ2n) is 12.6. The molecule has 4 bridgehead atoms. The fraction of sp³-hybridized carbons (Fsp3) is 0.857. The predicted molar refractivity (Wildman–Crippen MR) is 133 cm³/mol. The van der Waals surface area contributed by atoms with E-state index in [4.69, 9.17) is 5.10 Å². The maximum Gasteiger partial charge on any atom is 0.274 e. The quantitative estimate of drug-likeness (QED) is 0.687. The third kappa shape index (κ3) is 3.66. The molecule has 1 aromatic heterocycles. The lowest BCUT2D eigenvalue weighted by Gasteiger charge is -2.58. The van der Waals surface area contributed by atoms with E-state index in [-0.39, 0.29) is 5.91 Å². The van der Waals surface area contributed by atoms with Crippen LogP contribution in [0.3, 0.4) is 0 Å². The predicted octanol–water partition coefficient (Wildman–Crippen LogP) is 3.35. The molecule has 0 N–H and O–H groups in total.